The molecule has 0 aliphatic carbocycles. The van der Waals surface area contributed by atoms with Gasteiger partial charge in [-0.2, -0.15) is 0 Å². The molecule has 0 bridgehead atoms. The molecule has 0 aromatic carbocycles. The van der Waals surface area contributed by atoms with Crippen molar-refractivity contribution in [1.29, 1.82) is 0 Å². The minimum Gasteiger partial charge on any atom is -0.506 e. The van der Waals surface area contributed by atoms with E-state index in [0.717, 1.165) is 42.0 Å². The molecule has 2 fully saturated rings. The van der Waals surface area contributed by atoms with E-state index >= 15 is 0 Å². The zero-order chi connectivity index (χ0) is 34.6. The van der Waals surface area contributed by atoms with Crippen molar-refractivity contribution < 1.29 is 54.1 Å². The monoisotopic (exact) mass is 681 g/mol. The number of ether oxygens (including phenoxy) is 4. The van der Waals surface area contributed by atoms with Crippen LogP contribution in [0, 0.1) is 24.2 Å². The summed E-state index contributed by atoms with van der Waals surface area (Å²) < 4.78 is 23.6. The van der Waals surface area contributed by atoms with Crippen molar-refractivity contribution in [2.45, 2.75) is 136 Å². The second kappa shape index (κ2) is 15.9. The van der Waals surface area contributed by atoms with E-state index < -0.39 is 78.7 Å². The molecule has 3 aliphatic rings. The number of rotatable bonds is 5. The van der Waals surface area contributed by atoms with Crippen LogP contribution in [-0.4, -0.2) is 97.9 Å². The van der Waals surface area contributed by atoms with Gasteiger partial charge in [-0.25, -0.2) is 4.98 Å². The highest BCUT2D eigenvalue weighted by Crippen LogP contribution is 2.37. The lowest BCUT2D eigenvalue weighted by Gasteiger charge is -2.39. The third kappa shape index (κ3) is 9.20. The topological polar surface area (TPSA) is 188 Å². The quantitative estimate of drug-likeness (QED) is 0.219. The fourth-order valence-electron chi connectivity index (χ4n) is 6.50. The highest BCUT2D eigenvalue weighted by molar-refractivity contribution is 7.09. The lowest BCUT2D eigenvalue weighted by Crippen LogP contribution is -2.50. The first-order valence-corrected chi connectivity index (χ1v) is 17.4. The Kier molecular flexibility index (Phi) is 12.6. The number of carbonyl (C=O) groups excluding carboxylic acids is 2. The summed E-state index contributed by atoms with van der Waals surface area (Å²) in [6.45, 7) is 9.87. The number of aryl methyl sites for hydroxylation is 1. The number of carbonyl (C=O) groups is 2. The predicted octanol–water partition coefficient (Wildman–Crippen LogP) is 4.30. The fraction of sp³-hybridized carbons (Fsp3) is 0.735. The number of esters is 1. The number of aliphatic hydroxyl groups is 5. The molecule has 4 heterocycles. The molecular weight excluding hydrogens is 630 g/mol. The fourth-order valence-corrected chi connectivity index (χ4v) is 7.07. The predicted molar refractivity (Wildman–Crippen MR) is 173 cm³/mol. The lowest BCUT2D eigenvalue weighted by atomic mass is 9.73. The van der Waals surface area contributed by atoms with Gasteiger partial charge in [0.25, 0.3) is 0 Å². The molecule has 1 aromatic heterocycles. The maximum absolute atomic E-state index is 14.1. The lowest BCUT2D eigenvalue weighted by molar-refractivity contribution is -0.239. The molecule has 4 rings (SSSR count). The number of hydrogen-bond acceptors (Lipinski definition) is 13. The molecule has 47 heavy (non-hydrogen) atoms. The number of hydrogen-bond donors (Lipinski definition) is 5. The van der Waals surface area contributed by atoms with E-state index in [0.29, 0.717) is 12.8 Å². The number of thiazole rings is 1. The number of ketones is 1. The Bertz CT molecular complexity index is 1310. The standard InChI is InChI=1S/C34H51NO11S/c1-17-10-8-7-9-11-22-24(43-22)13-23(18(2)12-21-16-47-20(4)35-21)44-27(38)14-26(37)34(5,6)32(42)19(3)31(17)46-33-30(41)29(40)28(39)25(15-36)45-33/h12,16-17,19,22-26,28,31,33,36-37,39-41H,7-11,13-15H2,1-6H3/b18-12+/t17-,19+,22-,23?,24?,25?,26-,28+,31-,33-/m0/s1. The number of nitrogens with zero attached hydrogens (tertiary/aromatic N) is 1. The summed E-state index contributed by atoms with van der Waals surface area (Å²) in [5.74, 6) is -3.61. The summed E-state index contributed by atoms with van der Waals surface area (Å²) in [6.07, 6.45) is -1.08. The zero-order valence-corrected chi connectivity index (χ0v) is 28.9. The minimum atomic E-state index is -1.64. The molecule has 13 heteroatoms. The Hall–Kier alpha value is -2.39. The van der Waals surface area contributed by atoms with Gasteiger partial charge >= 0.3 is 5.97 Å². The van der Waals surface area contributed by atoms with Crippen molar-refractivity contribution in [2.24, 2.45) is 17.3 Å². The Morgan fingerprint density at radius 2 is 1.79 bits per heavy atom. The highest BCUT2D eigenvalue weighted by Gasteiger charge is 2.46. The summed E-state index contributed by atoms with van der Waals surface area (Å²) in [7, 11) is 0. The number of cyclic esters (lactones) is 1. The molecular formula is C34H51NO11S. The van der Waals surface area contributed by atoms with E-state index in [1.807, 2.05) is 32.2 Å². The third-order valence-corrected chi connectivity index (χ3v) is 10.5. The largest absolute Gasteiger partial charge is 0.506 e. The van der Waals surface area contributed by atoms with Crippen LogP contribution < -0.4 is 0 Å². The summed E-state index contributed by atoms with van der Waals surface area (Å²) in [5.41, 5.74) is 0.191. The smallest absolute Gasteiger partial charge is 0.309 e. The van der Waals surface area contributed by atoms with Gasteiger partial charge < -0.3 is 44.5 Å². The van der Waals surface area contributed by atoms with Crippen molar-refractivity contribution in [1.82, 2.24) is 4.98 Å². The Labute approximate surface area is 280 Å². The van der Waals surface area contributed by atoms with Crippen LogP contribution in [0.5, 0.6) is 0 Å². The molecule has 264 valence electrons. The van der Waals surface area contributed by atoms with Crippen LogP contribution in [0.4, 0.5) is 0 Å². The Morgan fingerprint density at radius 3 is 2.45 bits per heavy atom. The summed E-state index contributed by atoms with van der Waals surface area (Å²) in [4.78, 5) is 31.8. The average molecular weight is 682 g/mol. The van der Waals surface area contributed by atoms with Crippen LogP contribution in [0.3, 0.4) is 0 Å². The molecule has 3 aliphatic heterocycles. The van der Waals surface area contributed by atoms with Gasteiger partial charge in [0.05, 0.1) is 53.6 Å². The van der Waals surface area contributed by atoms with Gasteiger partial charge in [-0.15, -0.1) is 11.3 Å². The SMILES string of the molecule is C/C(=C\c1csc(C)n1)C1CC2O[C@H]2CCCCC[C@H](C)[C@H](O[C@@H]2OC(CO)[C@@H](O)C(O)=C2O)[C@@H](C)C(=O)C(C)(C)[C@@H](O)CC(=O)O1. The second-order valence-electron chi connectivity index (χ2n) is 13.8. The Morgan fingerprint density at radius 1 is 1.09 bits per heavy atom. The van der Waals surface area contributed by atoms with Gasteiger partial charge in [-0.05, 0) is 44.3 Å². The third-order valence-electron chi connectivity index (χ3n) is 9.75. The van der Waals surface area contributed by atoms with Crippen molar-refractivity contribution in [3.05, 3.63) is 33.2 Å². The van der Waals surface area contributed by atoms with Crippen molar-refractivity contribution >= 4 is 29.2 Å². The maximum atomic E-state index is 14.1. The number of Topliss-reactive ketones (excluding diaryl/α,β-unsaturated/α-hetero) is 1. The normalized spacial score (nSPS) is 36.7. The zero-order valence-electron chi connectivity index (χ0n) is 28.1. The first kappa shape index (κ1) is 37.4. The van der Waals surface area contributed by atoms with Gasteiger partial charge in [-0.1, -0.05) is 47.0 Å². The molecule has 2 saturated heterocycles. The average Bonchev–Trinajstić information content (AvgIpc) is 3.64. The summed E-state index contributed by atoms with van der Waals surface area (Å²) >= 11 is 1.53. The Balaban J connectivity index is 1.56. The number of epoxide rings is 1. The number of fused-ring (bicyclic) bond motifs is 1. The van der Waals surface area contributed by atoms with Crippen LogP contribution in [0.25, 0.3) is 6.08 Å². The molecule has 10 atom stereocenters. The summed E-state index contributed by atoms with van der Waals surface area (Å²) in [6, 6.07) is 0. The van der Waals surface area contributed by atoms with E-state index in [9.17, 15) is 35.1 Å². The van der Waals surface area contributed by atoms with Crippen molar-refractivity contribution in [3.63, 3.8) is 0 Å². The van der Waals surface area contributed by atoms with Gasteiger partial charge in [0.2, 0.25) is 6.29 Å². The van der Waals surface area contributed by atoms with Crippen LogP contribution in [0.2, 0.25) is 0 Å². The van der Waals surface area contributed by atoms with Gasteiger partial charge in [-0.3, -0.25) is 9.59 Å². The van der Waals surface area contributed by atoms with E-state index in [-0.39, 0.29) is 23.9 Å². The van der Waals surface area contributed by atoms with Gasteiger partial charge in [0.15, 0.2) is 11.5 Å². The minimum absolute atomic E-state index is 0.0541. The first-order valence-electron chi connectivity index (χ1n) is 16.5. The molecule has 12 nitrogen and oxygen atoms in total. The van der Waals surface area contributed by atoms with Crippen LogP contribution in [0.1, 0.15) is 90.3 Å². The second-order valence-corrected chi connectivity index (χ2v) is 14.9. The first-order chi connectivity index (χ1) is 22.1. The van der Waals surface area contributed by atoms with Gasteiger partial charge in [0, 0.05) is 17.7 Å². The molecule has 0 radical (unpaired) electrons. The molecule has 3 unspecified atom stereocenters. The molecule has 0 saturated carbocycles. The van der Waals surface area contributed by atoms with E-state index in [2.05, 4.69) is 4.98 Å². The van der Waals surface area contributed by atoms with E-state index in [4.69, 9.17) is 18.9 Å². The molecule has 5 N–H and O–H groups in total. The molecule has 0 spiro atoms. The van der Waals surface area contributed by atoms with Crippen molar-refractivity contribution in [2.75, 3.05) is 6.61 Å². The number of aliphatic hydroxyl groups excluding tert-OH is 5. The van der Waals surface area contributed by atoms with Crippen LogP contribution in [-0.2, 0) is 28.5 Å². The highest BCUT2D eigenvalue weighted by atomic mass is 32.1. The van der Waals surface area contributed by atoms with Crippen molar-refractivity contribution in [3.8, 4) is 0 Å². The van der Waals surface area contributed by atoms with Gasteiger partial charge in [0.1, 0.15) is 24.1 Å². The maximum Gasteiger partial charge on any atom is 0.309 e. The number of aromatic nitrogens is 1. The van der Waals surface area contributed by atoms with Crippen LogP contribution >= 0.6 is 11.3 Å². The molecule has 0 amide bonds. The molecule has 1 aromatic rings. The van der Waals surface area contributed by atoms with E-state index in [1.54, 1.807) is 20.8 Å². The summed E-state index contributed by atoms with van der Waals surface area (Å²) in [5, 5.41) is 54.8. The van der Waals surface area contributed by atoms with Crippen LogP contribution in [0.15, 0.2) is 22.5 Å². The van der Waals surface area contributed by atoms with E-state index in [1.165, 1.54) is 11.3 Å².